The molecule has 2 rings (SSSR count). The van der Waals surface area contributed by atoms with E-state index in [1.807, 2.05) is 14.0 Å². The second-order valence-electron chi connectivity index (χ2n) is 5.85. The Kier molecular flexibility index (Phi) is 6.22. The highest BCUT2D eigenvalue weighted by molar-refractivity contribution is 7.89. The lowest BCUT2D eigenvalue weighted by atomic mass is 10.0. The number of thiophene rings is 1. The van der Waals surface area contributed by atoms with E-state index in [4.69, 9.17) is 0 Å². The Labute approximate surface area is 132 Å². The molecule has 0 aliphatic heterocycles. The van der Waals surface area contributed by atoms with Gasteiger partial charge in [-0.1, -0.05) is 25.7 Å². The van der Waals surface area contributed by atoms with Crippen molar-refractivity contribution in [2.45, 2.75) is 56.9 Å². The summed E-state index contributed by atoms with van der Waals surface area (Å²) in [6.45, 7) is 3.13. The molecule has 0 spiro atoms. The Morgan fingerprint density at radius 1 is 1.33 bits per heavy atom. The molecule has 0 aromatic carbocycles. The number of hydrogen-bond acceptors (Lipinski definition) is 4. The first-order chi connectivity index (χ1) is 10.0. The molecule has 1 aliphatic carbocycles. The predicted octanol–water partition coefficient (Wildman–Crippen LogP) is 3.02. The molecular weight excluding hydrogens is 304 g/mol. The lowest BCUT2D eigenvalue weighted by Crippen LogP contribution is -2.25. The predicted molar refractivity (Wildman–Crippen MR) is 88.2 cm³/mol. The van der Waals surface area contributed by atoms with E-state index in [0.717, 1.165) is 28.5 Å². The molecule has 2 N–H and O–H groups in total. The molecule has 4 nitrogen and oxygen atoms in total. The summed E-state index contributed by atoms with van der Waals surface area (Å²) in [7, 11) is -1.49. The highest BCUT2D eigenvalue weighted by Crippen LogP contribution is 2.28. The van der Waals surface area contributed by atoms with Gasteiger partial charge < -0.3 is 5.32 Å². The Balaban J connectivity index is 1.85. The average Bonchev–Trinajstić information content (AvgIpc) is 3.05. The Morgan fingerprint density at radius 2 is 2.05 bits per heavy atom. The molecule has 0 atom stereocenters. The van der Waals surface area contributed by atoms with Crippen molar-refractivity contribution in [1.29, 1.82) is 0 Å². The van der Waals surface area contributed by atoms with E-state index in [1.54, 1.807) is 17.4 Å². The fraction of sp³-hybridized carbons (Fsp3) is 0.733. The van der Waals surface area contributed by atoms with Gasteiger partial charge in [0, 0.05) is 22.8 Å². The van der Waals surface area contributed by atoms with E-state index in [9.17, 15) is 8.42 Å². The largest absolute Gasteiger partial charge is 0.315 e. The summed E-state index contributed by atoms with van der Waals surface area (Å²) in [4.78, 5) is 2.36. The first-order valence-electron chi connectivity index (χ1n) is 7.76. The minimum atomic E-state index is -3.35. The van der Waals surface area contributed by atoms with Gasteiger partial charge in [-0.05, 0) is 38.8 Å². The summed E-state index contributed by atoms with van der Waals surface area (Å²) < 4.78 is 27.4. The second kappa shape index (κ2) is 7.72. The molecule has 1 saturated carbocycles. The van der Waals surface area contributed by atoms with Crippen LogP contribution in [0, 0.1) is 12.8 Å². The van der Waals surface area contributed by atoms with Gasteiger partial charge in [0.05, 0.1) is 4.90 Å². The van der Waals surface area contributed by atoms with E-state index in [2.05, 4.69) is 10.0 Å². The summed E-state index contributed by atoms with van der Waals surface area (Å²) >= 11 is 1.54. The third-order valence-electron chi connectivity index (χ3n) is 4.12. The molecule has 120 valence electrons. The van der Waals surface area contributed by atoms with Crippen LogP contribution in [0.25, 0.3) is 0 Å². The van der Waals surface area contributed by atoms with Gasteiger partial charge in [-0.15, -0.1) is 11.3 Å². The van der Waals surface area contributed by atoms with Crippen molar-refractivity contribution >= 4 is 21.4 Å². The third kappa shape index (κ3) is 4.77. The maximum atomic E-state index is 12.3. The highest BCUT2D eigenvalue weighted by atomic mass is 32.2. The monoisotopic (exact) mass is 330 g/mol. The van der Waals surface area contributed by atoms with Gasteiger partial charge in [0.15, 0.2) is 0 Å². The van der Waals surface area contributed by atoms with Crippen LogP contribution in [-0.4, -0.2) is 22.0 Å². The van der Waals surface area contributed by atoms with Gasteiger partial charge in [-0.3, -0.25) is 0 Å². The first-order valence-corrected chi connectivity index (χ1v) is 10.1. The second-order valence-corrected chi connectivity index (χ2v) is 8.93. The van der Waals surface area contributed by atoms with Crippen LogP contribution in [0.15, 0.2) is 11.0 Å². The Morgan fingerprint density at radius 3 is 2.71 bits per heavy atom. The minimum Gasteiger partial charge on any atom is -0.315 e. The molecule has 0 amide bonds. The number of nitrogens with one attached hydrogen (secondary N) is 2. The zero-order valence-electron chi connectivity index (χ0n) is 12.9. The molecule has 21 heavy (non-hydrogen) atoms. The molecule has 0 saturated heterocycles. The normalized spacial score (nSPS) is 16.7. The molecule has 1 fully saturated rings. The lowest BCUT2D eigenvalue weighted by Gasteiger charge is -2.09. The molecule has 1 aliphatic rings. The van der Waals surface area contributed by atoms with Gasteiger partial charge >= 0.3 is 0 Å². The highest BCUT2D eigenvalue weighted by Gasteiger charge is 2.20. The van der Waals surface area contributed by atoms with Gasteiger partial charge in [-0.2, -0.15) is 0 Å². The van der Waals surface area contributed by atoms with Crippen LogP contribution in [-0.2, 0) is 16.6 Å². The van der Waals surface area contributed by atoms with Crippen molar-refractivity contribution in [2.75, 3.05) is 13.6 Å². The lowest BCUT2D eigenvalue weighted by molar-refractivity contribution is 0.480. The SMILES string of the molecule is CNCc1cc(S(=O)(=O)NCCCC2CCCC2)c(C)s1. The number of sulfonamides is 1. The topological polar surface area (TPSA) is 58.2 Å². The number of hydrogen-bond donors (Lipinski definition) is 2. The van der Waals surface area contributed by atoms with Crippen molar-refractivity contribution < 1.29 is 8.42 Å². The first kappa shape index (κ1) is 16.9. The van der Waals surface area contributed by atoms with Crippen molar-refractivity contribution in [2.24, 2.45) is 5.92 Å². The Hall–Kier alpha value is -0.430. The van der Waals surface area contributed by atoms with Crippen LogP contribution < -0.4 is 10.0 Å². The van der Waals surface area contributed by atoms with E-state index in [-0.39, 0.29) is 0 Å². The van der Waals surface area contributed by atoms with Gasteiger partial charge in [0.1, 0.15) is 0 Å². The minimum absolute atomic E-state index is 0.443. The number of aryl methyl sites for hydroxylation is 1. The summed E-state index contributed by atoms with van der Waals surface area (Å²) in [5.41, 5.74) is 0. The zero-order valence-corrected chi connectivity index (χ0v) is 14.6. The molecule has 0 radical (unpaired) electrons. The fourth-order valence-corrected chi connectivity index (χ4v) is 5.75. The third-order valence-corrected chi connectivity index (χ3v) is 6.89. The number of rotatable bonds is 8. The molecule has 1 heterocycles. The quantitative estimate of drug-likeness (QED) is 0.720. The Bertz CT molecular complexity index is 546. The van der Waals surface area contributed by atoms with Crippen molar-refractivity contribution in [1.82, 2.24) is 10.0 Å². The van der Waals surface area contributed by atoms with Crippen LogP contribution in [0.1, 0.15) is 48.3 Å². The summed E-state index contributed by atoms with van der Waals surface area (Å²) in [6, 6.07) is 1.79. The van der Waals surface area contributed by atoms with E-state index < -0.39 is 10.0 Å². The molecule has 6 heteroatoms. The fourth-order valence-electron chi connectivity index (χ4n) is 3.03. The molecule has 0 bridgehead atoms. The summed E-state index contributed by atoms with van der Waals surface area (Å²) in [6.07, 6.45) is 7.43. The van der Waals surface area contributed by atoms with Crippen LogP contribution in [0.3, 0.4) is 0 Å². The van der Waals surface area contributed by atoms with Crippen LogP contribution >= 0.6 is 11.3 Å². The van der Waals surface area contributed by atoms with E-state index >= 15 is 0 Å². The van der Waals surface area contributed by atoms with Crippen molar-refractivity contribution in [3.8, 4) is 0 Å². The van der Waals surface area contributed by atoms with Gasteiger partial charge in [0.2, 0.25) is 10.0 Å². The van der Waals surface area contributed by atoms with E-state index in [0.29, 0.717) is 18.0 Å². The standard InChI is InChI=1S/C15H26N2O2S2/c1-12-15(10-14(20-12)11-16-2)21(18,19)17-9-5-8-13-6-3-4-7-13/h10,13,16-17H,3-9,11H2,1-2H3. The van der Waals surface area contributed by atoms with E-state index in [1.165, 1.54) is 25.7 Å². The zero-order chi connectivity index (χ0) is 15.3. The maximum absolute atomic E-state index is 12.3. The van der Waals surface area contributed by atoms with Crippen LogP contribution in [0.2, 0.25) is 0 Å². The summed E-state index contributed by atoms with van der Waals surface area (Å²) in [5, 5.41) is 3.05. The van der Waals surface area contributed by atoms with Crippen LogP contribution in [0.4, 0.5) is 0 Å². The molecular formula is C15H26N2O2S2. The van der Waals surface area contributed by atoms with Crippen molar-refractivity contribution in [3.63, 3.8) is 0 Å². The summed E-state index contributed by atoms with van der Waals surface area (Å²) in [5.74, 6) is 0.819. The van der Waals surface area contributed by atoms with Crippen LogP contribution in [0.5, 0.6) is 0 Å². The molecule has 0 unspecified atom stereocenters. The average molecular weight is 331 g/mol. The smallest absolute Gasteiger partial charge is 0.241 e. The molecule has 1 aromatic heterocycles. The maximum Gasteiger partial charge on any atom is 0.241 e. The van der Waals surface area contributed by atoms with Gasteiger partial charge in [-0.25, -0.2) is 13.1 Å². The molecule has 1 aromatic rings. The van der Waals surface area contributed by atoms with Gasteiger partial charge in [0.25, 0.3) is 0 Å². The van der Waals surface area contributed by atoms with Crippen molar-refractivity contribution in [3.05, 3.63) is 15.8 Å².